The SMILES string of the molecule is CCOCCOc1ccccc1C(=O)N1CCN(S(=O)(=O)c2cc(C(=O)OC)cs2)CC1. The number of amides is 1. The maximum Gasteiger partial charge on any atom is 0.338 e. The molecule has 0 spiro atoms. The van der Waals surface area contributed by atoms with Gasteiger partial charge >= 0.3 is 5.97 Å². The van der Waals surface area contributed by atoms with Crippen LogP contribution >= 0.6 is 11.3 Å². The molecule has 1 amide bonds. The van der Waals surface area contributed by atoms with E-state index in [-0.39, 0.29) is 41.9 Å². The van der Waals surface area contributed by atoms with Crippen LogP contribution in [0.3, 0.4) is 0 Å². The van der Waals surface area contributed by atoms with E-state index in [1.807, 2.05) is 6.92 Å². The number of benzene rings is 1. The number of carbonyl (C=O) groups is 2. The van der Waals surface area contributed by atoms with Gasteiger partial charge in [0.25, 0.3) is 15.9 Å². The Balaban J connectivity index is 1.64. The Morgan fingerprint density at radius 1 is 1.09 bits per heavy atom. The summed E-state index contributed by atoms with van der Waals surface area (Å²) in [6.07, 6.45) is 0. The number of carbonyl (C=O) groups excluding carboxylic acids is 2. The van der Waals surface area contributed by atoms with Crippen molar-refractivity contribution in [3.05, 3.63) is 46.8 Å². The fraction of sp³-hybridized carbons (Fsp3) is 0.429. The van der Waals surface area contributed by atoms with Gasteiger partial charge in [-0.15, -0.1) is 11.3 Å². The second-order valence-electron chi connectivity index (χ2n) is 6.88. The summed E-state index contributed by atoms with van der Waals surface area (Å²) in [5.41, 5.74) is 0.632. The maximum atomic E-state index is 13.0. The molecule has 0 saturated carbocycles. The number of esters is 1. The maximum absolute atomic E-state index is 13.0. The molecule has 1 saturated heterocycles. The number of para-hydroxylation sites is 1. The molecule has 1 aliphatic rings. The number of piperazine rings is 1. The van der Waals surface area contributed by atoms with E-state index >= 15 is 0 Å². The molecule has 3 rings (SSSR count). The lowest BCUT2D eigenvalue weighted by Crippen LogP contribution is -2.50. The van der Waals surface area contributed by atoms with Crippen molar-refractivity contribution in [1.29, 1.82) is 0 Å². The first-order chi connectivity index (χ1) is 15.4. The first-order valence-corrected chi connectivity index (χ1v) is 12.5. The molecule has 174 valence electrons. The minimum Gasteiger partial charge on any atom is -0.490 e. The molecule has 2 aromatic rings. The number of ether oxygens (including phenoxy) is 3. The Hall–Kier alpha value is -2.47. The summed E-state index contributed by atoms with van der Waals surface area (Å²) in [5.74, 6) is -0.320. The van der Waals surface area contributed by atoms with Crippen LogP contribution < -0.4 is 4.74 Å². The third-order valence-electron chi connectivity index (χ3n) is 4.92. The second-order valence-corrected chi connectivity index (χ2v) is 9.96. The minimum absolute atomic E-state index is 0.0747. The van der Waals surface area contributed by atoms with Gasteiger partial charge in [-0.25, -0.2) is 13.2 Å². The van der Waals surface area contributed by atoms with Gasteiger partial charge in [0.2, 0.25) is 0 Å². The molecule has 0 atom stereocenters. The van der Waals surface area contributed by atoms with Gasteiger partial charge in [-0.05, 0) is 25.1 Å². The third-order valence-corrected chi connectivity index (χ3v) is 8.24. The Morgan fingerprint density at radius 3 is 2.50 bits per heavy atom. The van der Waals surface area contributed by atoms with Crippen molar-refractivity contribution < 1.29 is 32.2 Å². The van der Waals surface area contributed by atoms with Gasteiger partial charge in [0.15, 0.2) is 0 Å². The quantitative estimate of drug-likeness (QED) is 0.398. The number of hydrogen-bond acceptors (Lipinski definition) is 8. The lowest BCUT2D eigenvalue weighted by molar-refractivity contribution is 0.0600. The van der Waals surface area contributed by atoms with Crippen LogP contribution in [0, 0.1) is 0 Å². The van der Waals surface area contributed by atoms with Gasteiger partial charge in [-0.2, -0.15) is 4.31 Å². The highest BCUT2D eigenvalue weighted by Crippen LogP contribution is 2.26. The highest BCUT2D eigenvalue weighted by Gasteiger charge is 2.32. The van der Waals surface area contributed by atoms with Crippen LogP contribution in [0.25, 0.3) is 0 Å². The molecule has 0 radical (unpaired) electrons. The van der Waals surface area contributed by atoms with Crippen molar-refractivity contribution in [2.24, 2.45) is 0 Å². The van der Waals surface area contributed by atoms with Gasteiger partial charge in [-0.1, -0.05) is 12.1 Å². The monoisotopic (exact) mass is 482 g/mol. The molecule has 0 N–H and O–H groups in total. The van der Waals surface area contributed by atoms with Crippen molar-refractivity contribution in [2.45, 2.75) is 11.1 Å². The number of hydrogen-bond donors (Lipinski definition) is 0. The van der Waals surface area contributed by atoms with E-state index in [2.05, 4.69) is 4.74 Å². The highest BCUT2D eigenvalue weighted by atomic mass is 32.2. The zero-order chi connectivity index (χ0) is 23.1. The van der Waals surface area contributed by atoms with Gasteiger partial charge in [0.05, 0.1) is 24.8 Å². The number of methoxy groups -OCH3 is 1. The fourth-order valence-electron chi connectivity index (χ4n) is 3.23. The van der Waals surface area contributed by atoms with Crippen LogP contribution in [0.4, 0.5) is 0 Å². The lowest BCUT2D eigenvalue weighted by Gasteiger charge is -2.34. The third kappa shape index (κ3) is 5.47. The standard InChI is InChI=1S/C21H26N2O7S2/c1-3-29-12-13-30-18-7-5-4-6-17(18)20(24)22-8-10-23(11-9-22)32(26,27)19-14-16(15-31-19)21(25)28-2/h4-7,14-15H,3,8-13H2,1-2H3. The first-order valence-electron chi connectivity index (χ1n) is 10.1. The molecular formula is C21H26N2O7S2. The number of nitrogens with zero attached hydrogens (tertiary/aromatic N) is 2. The summed E-state index contributed by atoms with van der Waals surface area (Å²) >= 11 is 0.973. The molecule has 1 fully saturated rings. The molecule has 0 unspecified atom stereocenters. The van der Waals surface area contributed by atoms with Crippen molar-refractivity contribution in [3.63, 3.8) is 0 Å². The number of sulfonamides is 1. The highest BCUT2D eigenvalue weighted by molar-refractivity contribution is 7.91. The Kier molecular flexibility index (Phi) is 8.24. The second kappa shape index (κ2) is 10.9. The van der Waals surface area contributed by atoms with Crippen LogP contribution in [0.1, 0.15) is 27.6 Å². The summed E-state index contributed by atoms with van der Waals surface area (Å²) in [4.78, 5) is 26.3. The molecule has 9 nitrogen and oxygen atoms in total. The predicted octanol–water partition coefficient (Wildman–Crippen LogP) is 2.10. The fourth-order valence-corrected chi connectivity index (χ4v) is 5.95. The largest absolute Gasteiger partial charge is 0.490 e. The van der Waals surface area contributed by atoms with E-state index in [9.17, 15) is 18.0 Å². The zero-order valence-corrected chi connectivity index (χ0v) is 19.6. The Morgan fingerprint density at radius 2 is 1.81 bits per heavy atom. The van der Waals surface area contributed by atoms with Crippen LogP contribution in [-0.2, 0) is 19.5 Å². The van der Waals surface area contributed by atoms with Crippen molar-refractivity contribution in [2.75, 3.05) is 53.1 Å². The van der Waals surface area contributed by atoms with Crippen LogP contribution in [0.5, 0.6) is 5.75 Å². The molecule has 32 heavy (non-hydrogen) atoms. The summed E-state index contributed by atoms with van der Waals surface area (Å²) in [6, 6.07) is 8.30. The van der Waals surface area contributed by atoms with E-state index in [0.29, 0.717) is 31.1 Å². The summed E-state index contributed by atoms with van der Waals surface area (Å²) in [5, 5.41) is 1.46. The Bertz CT molecular complexity index is 1040. The molecule has 0 aliphatic carbocycles. The van der Waals surface area contributed by atoms with Gasteiger partial charge in [0, 0.05) is 38.2 Å². The zero-order valence-electron chi connectivity index (χ0n) is 18.0. The van der Waals surface area contributed by atoms with Gasteiger partial charge < -0.3 is 19.1 Å². The molecular weight excluding hydrogens is 456 g/mol. The number of rotatable bonds is 9. The summed E-state index contributed by atoms with van der Waals surface area (Å²) in [6.45, 7) is 4.07. The number of thiophene rings is 1. The molecule has 11 heteroatoms. The molecule has 0 bridgehead atoms. The predicted molar refractivity (Wildman–Crippen MR) is 119 cm³/mol. The normalized spacial score (nSPS) is 14.9. The molecule has 1 aliphatic heterocycles. The van der Waals surface area contributed by atoms with E-state index < -0.39 is 16.0 Å². The van der Waals surface area contributed by atoms with Crippen molar-refractivity contribution >= 4 is 33.2 Å². The summed E-state index contributed by atoms with van der Waals surface area (Å²) < 4.78 is 42.9. The van der Waals surface area contributed by atoms with E-state index in [1.54, 1.807) is 29.2 Å². The topological polar surface area (TPSA) is 102 Å². The smallest absolute Gasteiger partial charge is 0.338 e. The molecule has 2 heterocycles. The average Bonchev–Trinajstić information content (AvgIpc) is 3.32. The molecule has 1 aromatic heterocycles. The van der Waals surface area contributed by atoms with E-state index in [4.69, 9.17) is 9.47 Å². The van der Waals surface area contributed by atoms with Crippen LogP contribution in [0.2, 0.25) is 0 Å². The lowest BCUT2D eigenvalue weighted by atomic mass is 10.1. The first kappa shape index (κ1) is 24.2. The van der Waals surface area contributed by atoms with Crippen LogP contribution in [-0.4, -0.2) is 82.6 Å². The van der Waals surface area contributed by atoms with E-state index in [1.165, 1.54) is 22.9 Å². The average molecular weight is 483 g/mol. The van der Waals surface area contributed by atoms with Gasteiger partial charge in [-0.3, -0.25) is 4.79 Å². The Labute approximate surface area is 191 Å². The van der Waals surface area contributed by atoms with Crippen molar-refractivity contribution in [3.8, 4) is 5.75 Å². The van der Waals surface area contributed by atoms with Crippen molar-refractivity contribution in [1.82, 2.24) is 9.21 Å². The summed E-state index contributed by atoms with van der Waals surface area (Å²) in [7, 11) is -2.51. The minimum atomic E-state index is -3.75. The molecule has 1 aromatic carbocycles. The van der Waals surface area contributed by atoms with Crippen LogP contribution in [0.15, 0.2) is 39.9 Å². The van der Waals surface area contributed by atoms with Gasteiger partial charge in [0.1, 0.15) is 16.6 Å². The van der Waals surface area contributed by atoms with E-state index in [0.717, 1.165) is 11.3 Å².